The number of alkyl halides is 4. The molecular weight excluding hydrogens is 900 g/mol. The summed E-state index contributed by atoms with van der Waals surface area (Å²) in [5, 5.41) is 0.491. The van der Waals surface area contributed by atoms with Crippen molar-refractivity contribution in [3.63, 3.8) is 0 Å². The van der Waals surface area contributed by atoms with Gasteiger partial charge in [0, 0.05) is 50.0 Å². The van der Waals surface area contributed by atoms with Crippen LogP contribution in [0.15, 0.2) is 24.3 Å². The molecule has 4 fully saturated rings. The molecule has 2 aromatic carbocycles. The van der Waals surface area contributed by atoms with Crippen LogP contribution in [0.1, 0.15) is 128 Å². The van der Waals surface area contributed by atoms with Gasteiger partial charge in [-0.2, -0.15) is 31.6 Å². The quantitative estimate of drug-likeness (QED) is 0.0569. The highest BCUT2D eigenvalue weighted by Gasteiger charge is 2.51. The van der Waals surface area contributed by atoms with E-state index in [0.29, 0.717) is 49.7 Å². The number of hydrogen-bond donors (Lipinski definition) is 0. The highest BCUT2D eigenvalue weighted by Crippen LogP contribution is 2.45. The Kier molecular flexibility index (Phi) is 13.8. The zero-order valence-corrected chi connectivity index (χ0v) is 40.8. The van der Waals surface area contributed by atoms with Crippen molar-refractivity contribution in [3.05, 3.63) is 52.5 Å². The van der Waals surface area contributed by atoms with E-state index < -0.39 is 58.7 Å². The summed E-state index contributed by atoms with van der Waals surface area (Å²) in [6.07, 6.45) is 4.21. The minimum absolute atomic E-state index is 0.0270. The van der Waals surface area contributed by atoms with Crippen molar-refractivity contribution >= 4 is 34.8 Å². The average Bonchev–Trinajstić information content (AvgIpc) is 3.78. The van der Waals surface area contributed by atoms with Crippen LogP contribution >= 0.6 is 0 Å². The molecule has 362 valence electrons. The molecule has 0 amide bonds. The maximum Gasteiger partial charge on any atom is 0.534 e. The van der Waals surface area contributed by atoms with Gasteiger partial charge >= 0.3 is 21.6 Å². The Hall–Kier alpha value is -3.60. The van der Waals surface area contributed by atoms with E-state index >= 15 is 4.39 Å². The minimum atomic E-state index is -6.08. The molecule has 1 aromatic heterocycles. The fourth-order valence-corrected chi connectivity index (χ4v) is 17.3. The van der Waals surface area contributed by atoms with Crippen molar-refractivity contribution in [2.45, 2.75) is 165 Å². The molecule has 5 aliphatic rings. The highest BCUT2D eigenvalue weighted by atomic mass is 32.2. The Morgan fingerprint density at radius 2 is 1.73 bits per heavy atom. The van der Waals surface area contributed by atoms with E-state index in [1.165, 1.54) is 18.2 Å². The van der Waals surface area contributed by atoms with Gasteiger partial charge in [0.25, 0.3) is 0 Å². The van der Waals surface area contributed by atoms with E-state index in [9.17, 15) is 26.0 Å². The molecule has 3 aromatic rings. The van der Waals surface area contributed by atoms with E-state index in [-0.39, 0.29) is 70.5 Å². The average molecular weight is 963 g/mol. The molecule has 8 rings (SSSR count). The van der Waals surface area contributed by atoms with Gasteiger partial charge in [-0.15, -0.1) is 5.54 Å². The largest absolute Gasteiger partial charge is 0.534 e. The summed E-state index contributed by atoms with van der Waals surface area (Å²) in [4.78, 5) is 14.2. The minimum Gasteiger partial charge on any atom is -0.461 e. The van der Waals surface area contributed by atoms with Crippen molar-refractivity contribution in [3.8, 4) is 23.2 Å². The van der Waals surface area contributed by atoms with Crippen molar-refractivity contribution in [1.82, 2.24) is 14.9 Å². The second-order valence-corrected chi connectivity index (χ2v) is 27.3. The summed E-state index contributed by atoms with van der Waals surface area (Å²) in [5.74, 6) is 2.56. The van der Waals surface area contributed by atoms with E-state index in [1.807, 2.05) is 0 Å². The van der Waals surface area contributed by atoms with E-state index in [4.69, 9.17) is 33.1 Å². The van der Waals surface area contributed by atoms with E-state index in [2.05, 4.69) is 69.7 Å². The summed E-state index contributed by atoms with van der Waals surface area (Å²) >= 11 is 0. The monoisotopic (exact) mass is 962 g/mol. The van der Waals surface area contributed by atoms with Gasteiger partial charge in [-0.25, -0.2) is 8.78 Å². The van der Waals surface area contributed by atoms with Crippen molar-refractivity contribution < 1.29 is 53.5 Å². The molecule has 0 bridgehead atoms. The lowest BCUT2D eigenvalue weighted by Crippen LogP contribution is -2.51. The standard InChI is InChI=1S/C48H63F5N4O7SSi/c1-30(2)66(31(3)4,32(5)6)21-15-36-39(50)14-13-33-22-35(64-65(58,59)48(51,52)53)23-37(43(33)36)41-24-40-38(27-61-41)44(56-18-10-16-46(7,28-56)63-42-12-8-9-20-60-42)55-45(54-40)62-29-47-17-11-19-57(47)26-34(49)25-47/h13-14,22-23,30-32,34,41-42H,8-12,16-20,24-29H2,1-7H3/t34-,41?,42?,46?,47+/m1/s1. The number of benzene rings is 2. The number of anilines is 1. The number of rotatable bonds is 12. The SMILES string of the molecule is CC(C)[Si](C#Cc1c(F)ccc2cc(OS(=O)(=O)C(F)(F)F)cc(C3Cc4nc(OC[C@@]56CCCN5C[C@H](F)C6)nc(N5CCCC(C)(OC6CCCCO6)C5)c4CO3)c12)(C(C)C)C(C)C. The fourth-order valence-electron chi connectivity index (χ4n) is 11.7. The lowest BCUT2D eigenvalue weighted by Gasteiger charge is -2.44. The fraction of sp³-hybridized carbons (Fsp3) is 0.667. The number of nitrogens with zero attached hydrogens (tertiary/aromatic N) is 4. The predicted octanol–water partition coefficient (Wildman–Crippen LogP) is 10.2. The summed E-state index contributed by atoms with van der Waals surface area (Å²) in [6.45, 7) is 17.9. The van der Waals surface area contributed by atoms with Gasteiger partial charge in [-0.1, -0.05) is 53.5 Å². The van der Waals surface area contributed by atoms with Gasteiger partial charge in [0.15, 0.2) is 6.29 Å². The lowest BCUT2D eigenvalue weighted by molar-refractivity contribution is -0.221. The Morgan fingerprint density at radius 3 is 2.42 bits per heavy atom. The first-order chi connectivity index (χ1) is 31.1. The van der Waals surface area contributed by atoms with Crippen LogP contribution in [0.3, 0.4) is 0 Å². The van der Waals surface area contributed by atoms with Crippen LogP contribution in [0.25, 0.3) is 10.8 Å². The first-order valence-electron chi connectivity index (χ1n) is 23.5. The molecule has 5 atom stereocenters. The molecule has 0 N–H and O–H groups in total. The summed E-state index contributed by atoms with van der Waals surface area (Å²) in [7, 11) is -8.52. The number of hydrogen-bond acceptors (Lipinski definition) is 11. The number of fused-ring (bicyclic) bond motifs is 3. The van der Waals surface area contributed by atoms with Crippen LogP contribution in [-0.4, -0.2) is 99.9 Å². The number of ether oxygens (including phenoxy) is 4. The summed E-state index contributed by atoms with van der Waals surface area (Å²) in [5.41, 5.74) is -1.11. The first-order valence-corrected chi connectivity index (χ1v) is 27.2. The smallest absolute Gasteiger partial charge is 0.461 e. The zero-order valence-electron chi connectivity index (χ0n) is 39.0. The summed E-state index contributed by atoms with van der Waals surface area (Å²) < 4.78 is 128. The van der Waals surface area contributed by atoms with Gasteiger partial charge in [0.05, 0.1) is 35.1 Å². The lowest BCUT2D eigenvalue weighted by atomic mass is 9.91. The van der Waals surface area contributed by atoms with Crippen LogP contribution in [-0.2, 0) is 37.4 Å². The molecular formula is C48H63F5N4O7SSi. The molecule has 0 saturated carbocycles. The number of aromatic nitrogens is 2. The number of halogens is 5. The van der Waals surface area contributed by atoms with E-state index in [1.54, 1.807) is 0 Å². The number of piperidine rings is 1. The van der Waals surface area contributed by atoms with Gasteiger partial charge in [-0.3, -0.25) is 4.90 Å². The highest BCUT2D eigenvalue weighted by molar-refractivity contribution is 7.88. The normalized spacial score (nSPS) is 26.5. The van der Waals surface area contributed by atoms with Crippen molar-refractivity contribution in [2.24, 2.45) is 0 Å². The van der Waals surface area contributed by atoms with Crippen LogP contribution in [0.5, 0.6) is 11.8 Å². The Labute approximate surface area is 386 Å². The van der Waals surface area contributed by atoms with Gasteiger partial charge < -0.3 is 28.0 Å². The molecule has 66 heavy (non-hydrogen) atoms. The van der Waals surface area contributed by atoms with Gasteiger partial charge in [0.2, 0.25) is 0 Å². The first kappa shape index (κ1) is 48.8. The Balaban J connectivity index is 1.23. The third-order valence-electron chi connectivity index (χ3n) is 14.8. The van der Waals surface area contributed by atoms with Crippen LogP contribution in [0.4, 0.5) is 27.8 Å². The Bertz CT molecular complexity index is 2440. The van der Waals surface area contributed by atoms with Crippen molar-refractivity contribution in [2.75, 3.05) is 44.3 Å². The van der Waals surface area contributed by atoms with Crippen LogP contribution in [0, 0.1) is 17.3 Å². The molecule has 4 saturated heterocycles. The van der Waals surface area contributed by atoms with Gasteiger partial charge in [0.1, 0.15) is 38.2 Å². The second-order valence-electron chi connectivity index (χ2n) is 20.2. The molecule has 3 unspecified atom stereocenters. The van der Waals surface area contributed by atoms with Crippen LogP contribution < -0.4 is 13.8 Å². The topological polar surface area (TPSA) is 113 Å². The molecule has 6 heterocycles. The second kappa shape index (κ2) is 18.7. The third-order valence-corrected chi connectivity index (χ3v) is 22.0. The molecule has 11 nitrogen and oxygen atoms in total. The molecule has 0 aliphatic carbocycles. The van der Waals surface area contributed by atoms with Crippen molar-refractivity contribution in [1.29, 1.82) is 0 Å². The van der Waals surface area contributed by atoms with E-state index in [0.717, 1.165) is 57.6 Å². The maximum absolute atomic E-state index is 16.4. The maximum atomic E-state index is 16.4. The van der Waals surface area contributed by atoms with Crippen LogP contribution in [0.2, 0.25) is 16.6 Å². The molecule has 0 radical (unpaired) electrons. The third kappa shape index (κ3) is 9.55. The molecule has 5 aliphatic heterocycles. The van der Waals surface area contributed by atoms with Gasteiger partial charge in [-0.05, 0) is 104 Å². The Morgan fingerprint density at radius 1 is 0.985 bits per heavy atom. The molecule has 0 spiro atoms. The predicted molar refractivity (Wildman–Crippen MR) is 244 cm³/mol. The zero-order chi connectivity index (χ0) is 47.4. The molecule has 18 heteroatoms. The summed E-state index contributed by atoms with van der Waals surface area (Å²) in [6, 6.07) is 4.96.